The van der Waals surface area contributed by atoms with Crippen LogP contribution in [0.2, 0.25) is 5.02 Å². The maximum atomic E-state index is 12.9. The zero-order valence-corrected chi connectivity index (χ0v) is 14.9. The number of likely N-dealkylation sites (tertiary alicyclic amines) is 1. The summed E-state index contributed by atoms with van der Waals surface area (Å²) in [5, 5.41) is 0.543. The molecular weight excluding hydrogens is 328 g/mol. The van der Waals surface area contributed by atoms with Crippen LogP contribution in [-0.2, 0) is 9.53 Å². The number of ether oxygens (including phenoxy) is 1. The first-order valence-electron chi connectivity index (χ1n) is 8.27. The van der Waals surface area contributed by atoms with Gasteiger partial charge in [-0.05, 0) is 31.0 Å². The predicted octanol–water partition coefficient (Wildman–Crippen LogP) is 2.30. The van der Waals surface area contributed by atoms with Crippen molar-refractivity contribution in [1.29, 1.82) is 0 Å². The van der Waals surface area contributed by atoms with Crippen LogP contribution in [0.4, 0.5) is 0 Å². The first-order valence-corrected chi connectivity index (χ1v) is 8.64. The van der Waals surface area contributed by atoms with Crippen molar-refractivity contribution in [2.75, 3.05) is 40.4 Å². The third-order valence-electron chi connectivity index (χ3n) is 5.23. The van der Waals surface area contributed by atoms with Crippen LogP contribution in [0.3, 0.4) is 0 Å². The number of carbonyl (C=O) groups excluding carboxylic acids is 2. The minimum atomic E-state index is -0.173. The fourth-order valence-electron chi connectivity index (χ4n) is 3.86. The Bertz CT molecular complexity index is 641. The van der Waals surface area contributed by atoms with Crippen LogP contribution in [0.1, 0.15) is 23.2 Å². The highest BCUT2D eigenvalue weighted by atomic mass is 35.5. The van der Waals surface area contributed by atoms with E-state index < -0.39 is 0 Å². The van der Waals surface area contributed by atoms with Gasteiger partial charge in [0.1, 0.15) is 0 Å². The Balaban J connectivity index is 1.86. The molecule has 6 heteroatoms. The summed E-state index contributed by atoms with van der Waals surface area (Å²) in [7, 11) is 3.55. The molecule has 2 aliphatic rings. The topological polar surface area (TPSA) is 49.9 Å². The molecule has 0 aromatic heterocycles. The molecular formula is C18H23ClN2O3. The molecule has 0 saturated carbocycles. The van der Waals surface area contributed by atoms with Crippen LogP contribution < -0.4 is 0 Å². The largest absolute Gasteiger partial charge is 0.381 e. The van der Waals surface area contributed by atoms with Gasteiger partial charge < -0.3 is 14.5 Å². The van der Waals surface area contributed by atoms with Crippen molar-refractivity contribution in [2.45, 2.75) is 12.8 Å². The van der Waals surface area contributed by atoms with E-state index in [0.29, 0.717) is 36.9 Å². The molecule has 0 aliphatic carbocycles. The lowest BCUT2D eigenvalue weighted by molar-refractivity contribution is -0.138. The number of amides is 2. The van der Waals surface area contributed by atoms with Gasteiger partial charge in [-0.2, -0.15) is 0 Å². The van der Waals surface area contributed by atoms with E-state index in [2.05, 4.69) is 0 Å². The standard InChI is InChI=1S/C18H23ClN2O3/c1-20(2)17(23)15-11-21(12-18(15)6-8-24-9-7-18)16(22)13-4-3-5-14(19)10-13/h3-5,10,15H,6-9,11-12H2,1-2H3. The summed E-state index contributed by atoms with van der Waals surface area (Å²) in [6.07, 6.45) is 1.63. The zero-order valence-electron chi connectivity index (χ0n) is 14.1. The van der Waals surface area contributed by atoms with Crippen molar-refractivity contribution in [1.82, 2.24) is 9.80 Å². The van der Waals surface area contributed by atoms with E-state index in [-0.39, 0.29) is 23.1 Å². The van der Waals surface area contributed by atoms with E-state index in [1.165, 1.54) is 0 Å². The summed E-state index contributed by atoms with van der Waals surface area (Å²) in [5.74, 6) is -0.129. The average molecular weight is 351 g/mol. The maximum Gasteiger partial charge on any atom is 0.253 e. The van der Waals surface area contributed by atoms with Crippen molar-refractivity contribution in [3.8, 4) is 0 Å². The first-order chi connectivity index (χ1) is 11.4. The molecule has 0 N–H and O–H groups in total. The second kappa shape index (κ2) is 6.73. The van der Waals surface area contributed by atoms with Gasteiger partial charge in [0.15, 0.2) is 0 Å². The number of halogens is 1. The Labute approximate surface area is 147 Å². The van der Waals surface area contributed by atoms with E-state index in [1.807, 2.05) is 4.90 Å². The second-order valence-corrected chi connectivity index (χ2v) is 7.39. The van der Waals surface area contributed by atoms with Crippen molar-refractivity contribution < 1.29 is 14.3 Å². The van der Waals surface area contributed by atoms with Gasteiger partial charge >= 0.3 is 0 Å². The predicted molar refractivity (Wildman–Crippen MR) is 92.0 cm³/mol. The molecule has 0 radical (unpaired) electrons. The second-order valence-electron chi connectivity index (χ2n) is 6.96. The Morgan fingerprint density at radius 1 is 1.29 bits per heavy atom. The van der Waals surface area contributed by atoms with Gasteiger partial charge in [0.25, 0.3) is 5.91 Å². The molecule has 130 valence electrons. The minimum absolute atomic E-state index is 0.0579. The molecule has 3 rings (SSSR count). The van der Waals surface area contributed by atoms with Crippen LogP contribution in [0, 0.1) is 11.3 Å². The molecule has 24 heavy (non-hydrogen) atoms. The zero-order chi connectivity index (χ0) is 17.3. The molecule has 1 unspecified atom stereocenters. The third kappa shape index (κ3) is 3.15. The fraction of sp³-hybridized carbons (Fsp3) is 0.556. The van der Waals surface area contributed by atoms with Gasteiger partial charge in [0.05, 0.1) is 5.92 Å². The molecule has 2 aliphatic heterocycles. The van der Waals surface area contributed by atoms with E-state index in [0.717, 1.165) is 12.8 Å². The van der Waals surface area contributed by atoms with Gasteiger partial charge in [0, 0.05) is 56.4 Å². The van der Waals surface area contributed by atoms with Crippen molar-refractivity contribution in [3.63, 3.8) is 0 Å². The highest BCUT2D eigenvalue weighted by molar-refractivity contribution is 6.30. The van der Waals surface area contributed by atoms with E-state index in [9.17, 15) is 9.59 Å². The highest BCUT2D eigenvalue weighted by Gasteiger charge is 2.52. The Morgan fingerprint density at radius 2 is 2.00 bits per heavy atom. The van der Waals surface area contributed by atoms with Crippen LogP contribution >= 0.6 is 11.6 Å². The molecule has 2 fully saturated rings. The van der Waals surface area contributed by atoms with E-state index in [1.54, 1.807) is 43.3 Å². The number of carbonyl (C=O) groups is 2. The monoisotopic (exact) mass is 350 g/mol. The number of hydrogen-bond donors (Lipinski definition) is 0. The highest BCUT2D eigenvalue weighted by Crippen LogP contribution is 2.45. The smallest absolute Gasteiger partial charge is 0.253 e. The minimum Gasteiger partial charge on any atom is -0.381 e. The Hall–Kier alpha value is -1.59. The average Bonchev–Trinajstić information content (AvgIpc) is 2.92. The van der Waals surface area contributed by atoms with Gasteiger partial charge in [-0.15, -0.1) is 0 Å². The van der Waals surface area contributed by atoms with Crippen LogP contribution in [-0.4, -0.2) is 62.0 Å². The van der Waals surface area contributed by atoms with Gasteiger partial charge in [-0.3, -0.25) is 9.59 Å². The van der Waals surface area contributed by atoms with Crippen LogP contribution in [0.25, 0.3) is 0 Å². The van der Waals surface area contributed by atoms with Crippen LogP contribution in [0.5, 0.6) is 0 Å². The van der Waals surface area contributed by atoms with E-state index in [4.69, 9.17) is 16.3 Å². The number of hydrogen-bond acceptors (Lipinski definition) is 3. The molecule has 0 bridgehead atoms. The number of benzene rings is 1. The summed E-state index contributed by atoms with van der Waals surface area (Å²) < 4.78 is 5.50. The summed E-state index contributed by atoms with van der Waals surface area (Å²) in [6.45, 7) is 2.36. The maximum absolute atomic E-state index is 12.9. The Kier molecular flexibility index (Phi) is 4.83. The SMILES string of the molecule is CN(C)C(=O)C1CN(C(=O)c2cccc(Cl)c2)CC12CCOCC2. The van der Waals surface area contributed by atoms with Crippen LogP contribution in [0.15, 0.2) is 24.3 Å². The number of rotatable bonds is 2. The molecule has 1 atom stereocenters. The lowest BCUT2D eigenvalue weighted by Gasteiger charge is -2.37. The van der Waals surface area contributed by atoms with Gasteiger partial charge in [-0.1, -0.05) is 17.7 Å². The third-order valence-corrected chi connectivity index (χ3v) is 5.47. The quantitative estimate of drug-likeness (QED) is 0.822. The molecule has 2 amide bonds. The molecule has 1 aromatic rings. The normalized spacial score (nSPS) is 22.6. The molecule has 5 nitrogen and oxygen atoms in total. The lowest BCUT2D eigenvalue weighted by Crippen LogP contribution is -2.44. The number of nitrogens with zero attached hydrogens (tertiary/aromatic N) is 2. The van der Waals surface area contributed by atoms with Crippen molar-refractivity contribution >= 4 is 23.4 Å². The Morgan fingerprint density at radius 3 is 2.62 bits per heavy atom. The molecule has 1 aromatic carbocycles. The summed E-state index contributed by atoms with van der Waals surface area (Å²) in [5.41, 5.74) is 0.399. The van der Waals surface area contributed by atoms with Gasteiger partial charge in [-0.25, -0.2) is 0 Å². The van der Waals surface area contributed by atoms with Crippen molar-refractivity contribution in [3.05, 3.63) is 34.9 Å². The summed E-state index contributed by atoms with van der Waals surface area (Å²) in [6, 6.07) is 6.98. The first kappa shape index (κ1) is 17.2. The van der Waals surface area contributed by atoms with E-state index >= 15 is 0 Å². The van der Waals surface area contributed by atoms with Gasteiger partial charge in [0.2, 0.25) is 5.91 Å². The molecule has 1 spiro atoms. The molecule has 2 saturated heterocycles. The fourth-order valence-corrected chi connectivity index (χ4v) is 4.05. The molecule has 2 heterocycles. The summed E-state index contributed by atoms with van der Waals surface area (Å²) in [4.78, 5) is 29.0. The van der Waals surface area contributed by atoms with Crippen molar-refractivity contribution in [2.24, 2.45) is 11.3 Å². The lowest BCUT2D eigenvalue weighted by atomic mass is 9.71. The summed E-state index contributed by atoms with van der Waals surface area (Å²) >= 11 is 6.01.